The first-order chi connectivity index (χ1) is 11.0. The largest absolute Gasteiger partial charge is 0.326 e. The number of piperidine rings is 1. The van der Waals surface area contributed by atoms with Gasteiger partial charge in [-0.05, 0) is 56.6 Å². The van der Waals surface area contributed by atoms with Crippen molar-refractivity contribution >= 4 is 39.7 Å². The SMILES string of the molecule is CCCCS(=O)(=O)Nc1ccc(NC(=O)C2CCNCC2)cc1.Cl. The molecule has 0 aromatic heterocycles. The van der Waals surface area contributed by atoms with Crippen molar-refractivity contribution in [2.24, 2.45) is 5.92 Å². The molecular formula is C16H26ClN3O3S. The smallest absolute Gasteiger partial charge is 0.232 e. The molecule has 1 saturated heterocycles. The highest BCUT2D eigenvalue weighted by Crippen LogP contribution is 2.18. The van der Waals surface area contributed by atoms with E-state index < -0.39 is 10.0 Å². The lowest BCUT2D eigenvalue weighted by Crippen LogP contribution is -2.34. The molecule has 0 aliphatic carbocycles. The number of anilines is 2. The Balaban J connectivity index is 0.00000288. The molecule has 24 heavy (non-hydrogen) atoms. The molecule has 1 aromatic rings. The topological polar surface area (TPSA) is 87.3 Å². The average molecular weight is 376 g/mol. The van der Waals surface area contributed by atoms with Gasteiger partial charge < -0.3 is 10.6 Å². The Morgan fingerprint density at radius 2 is 1.75 bits per heavy atom. The molecule has 1 amide bonds. The molecule has 1 fully saturated rings. The summed E-state index contributed by atoms with van der Waals surface area (Å²) in [6.45, 7) is 3.70. The van der Waals surface area contributed by atoms with Crippen molar-refractivity contribution in [3.05, 3.63) is 24.3 Å². The van der Waals surface area contributed by atoms with Gasteiger partial charge in [-0.3, -0.25) is 9.52 Å². The van der Waals surface area contributed by atoms with Crippen molar-refractivity contribution in [3.8, 4) is 0 Å². The second-order valence-corrected chi connectivity index (χ2v) is 7.71. The predicted molar refractivity (Wildman–Crippen MR) is 100 cm³/mol. The van der Waals surface area contributed by atoms with E-state index in [1.165, 1.54) is 0 Å². The molecule has 0 saturated carbocycles. The maximum absolute atomic E-state index is 12.1. The summed E-state index contributed by atoms with van der Waals surface area (Å²) < 4.78 is 26.2. The van der Waals surface area contributed by atoms with Crippen molar-refractivity contribution in [1.82, 2.24) is 5.32 Å². The zero-order valence-corrected chi connectivity index (χ0v) is 15.5. The van der Waals surface area contributed by atoms with Crippen LogP contribution in [0.15, 0.2) is 24.3 Å². The zero-order chi connectivity index (χ0) is 16.7. The third-order valence-corrected chi connectivity index (χ3v) is 5.28. The predicted octanol–water partition coefficient (Wildman–Crippen LogP) is 2.59. The molecule has 2 rings (SSSR count). The molecule has 8 heteroatoms. The summed E-state index contributed by atoms with van der Waals surface area (Å²) in [5.74, 6) is 0.198. The summed E-state index contributed by atoms with van der Waals surface area (Å²) >= 11 is 0. The molecule has 0 atom stereocenters. The van der Waals surface area contributed by atoms with E-state index in [1.807, 2.05) is 6.92 Å². The number of benzene rings is 1. The number of sulfonamides is 1. The number of hydrogen-bond acceptors (Lipinski definition) is 4. The fraction of sp³-hybridized carbons (Fsp3) is 0.562. The second kappa shape index (κ2) is 9.86. The average Bonchev–Trinajstić information content (AvgIpc) is 2.55. The molecule has 1 heterocycles. The molecule has 0 bridgehead atoms. The molecule has 1 aliphatic heterocycles. The van der Waals surface area contributed by atoms with Gasteiger partial charge in [0.15, 0.2) is 0 Å². The van der Waals surface area contributed by atoms with Gasteiger partial charge in [0.1, 0.15) is 0 Å². The van der Waals surface area contributed by atoms with Crippen LogP contribution < -0.4 is 15.4 Å². The number of rotatable bonds is 7. The van der Waals surface area contributed by atoms with Crippen LogP contribution in [0.4, 0.5) is 11.4 Å². The standard InChI is InChI=1S/C16H25N3O3S.ClH/c1-2-3-12-23(21,22)19-15-6-4-14(5-7-15)18-16(20)13-8-10-17-11-9-13;/h4-7,13,17,19H,2-3,8-12H2,1H3,(H,18,20);1H. The number of halogens is 1. The van der Waals surface area contributed by atoms with E-state index in [9.17, 15) is 13.2 Å². The van der Waals surface area contributed by atoms with Crippen LogP contribution in [0.3, 0.4) is 0 Å². The zero-order valence-electron chi connectivity index (χ0n) is 13.9. The third kappa shape index (κ3) is 6.67. The van der Waals surface area contributed by atoms with Crippen LogP contribution >= 0.6 is 12.4 Å². The van der Waals surface area contributed by atoms with E-state index in [2.05, 4.69) is 15.4 Å². The van der Waals surface area contributed by atoms with E-state index in [0.717, 1.165) is 32.4 Å². The third-order valence-electron chi connectivity index (χ3n) is 3.90. The summed E-state index contributed by atoms with van der Waals surface area (Å²) in [4.78, 5) is 12.1. The fourth-order valence-electron chi connectivity index (χ4n) is 2.51. The first-order valence-corrected chi connectivity index (χ1v) is 9.77. The van der Waals surface area contributed by atoms with Gasteiger partial charge in [-0.2, -0.15) is 0 Å². The number of hydrogen-bond donors (Lipinski definition) is 3. The van der Waals surface area contributed by atoms with E-state index in [4.69, 9.17) is 0 Å². The van der Waals surface area contributed by atoms with Gasteiger partial charge in [-0.1, -0.05) is 13.3 Å². The molecule has 0 radical (unpaired) electrons. The first kappa shape index (κ1) is 20.7. The lowest BCUT2D eigenvalue weighted by molar-refractivity contribution is -0.120. The summed E-state index contributed by atoms with van der Waals surface area (Å²) in [6.07, 6.45) is 3.17. The van der Waals surface area contributed by atoms with Crippen LogP contribution in [-0.2, 0) is 14.8 Å². The van der Waals surface area contributed by atoms with Crippen LogP contribution in [0.5, 0.6) is 0 Å². The normalized spacial score (nSPS) is 15.4. The van der Waals surface area contributed by atoms with Gasteiger partial charge in [0.2, 0.25) is 15.9 Å². The van der Waals surface area contributed by atoms with E-state index >= 15 is 0 Å². The molecule has 1 aliphatic rings. The summed E-state index contributed by atoms with van der Waals surface area (Å²) in [7, 11) is -3.29. The number of unbranched alkanes of at least 4 members (excludes halogenated alkanes) is 1. The van der Waals surface area contributed by atoms with Crippen molar-refractivity contribution in [2.75, 3.05) is 28.9 Å². The van der Waals surface area contributed by atoms with Gasteiger partial charge in [-0.15, -0.1) is 12.4 Å². The Kier molecular flexibility index (Phi) is 8.52. The van der Waals surface area contributed by atoms with Gasteiger partial charge in [-0.25, -0.2) is 8.42 Å². The fourth-order valence-corrected chi connectivity index (χ4v) is 3.78. The van der Waals surface area contributed by atoms with Crippen LogP contribution in [0, 0.1) is 5.92 Å². The highest BCUT2D eigenvalue weighted by molar-refractivity contribution is 7.92. The summed E-state index contributed by atoms with van der Waals surface area (Å²) in [6, 6.07) is 6.77. The molecule has 3 N–H and O–H groups in total. The van der Waals surface area contributed by atoms with Crippen molar-refractivity contribution in [1.29, 1.82) is 0 Å². The Morgan fingerprint density at radius 1 is 1.17 bits per heavy atom. The van der Waals surface area contributed by atoms with Crippen molar-refractivity contribution < 1.29 is 13.2 Å². The molecule has 6 nitrogen and oxygen atoms in total. The van der Waals surface area contributed by atoms with Crippen LogP contribution in [-0.4, -0.2) is 33.2 Å². The Hall–Kier alpha value is -1.31. The lowest BCUT2D eigenvalue weighted by Gasteiger charge is -2.21. The minimum absolute atomic E-state index is 0. The quantitative estimate of drug-likeness (QED) is 0.683. The molecule has 1 aromatic carbocycles. The van der Waals surface area contributed by atoms with Crippen LogP contribution in [0.25, 0.3) is 0 Å². The van der Waals surface area contributed by atoms with Crippen molar-refractivity contribution in [2.45, 2.75) is 32.6 Å². The van der Waals surface area contributed by atoms with Gasteiger partial charge in [0, 0.05) is 17.3 Å². The van der Waals surface area contributed by atoms with E-state index in [1.54, 1.807) is 24.3 Å². The Morgan fingerprint density at radius 3 is 2.33 bits per heavy atom. The van der Waals surface area contributed by atoms with E-state index in [-0.39, 0.29) is 30.0 Å². The number of carbonyl (C=O) groups excluding carboxylic acids is 1. The Labute approximate surface area is 150 Å². The maximum Gasteiger partial charge on any atom is 0.232 e. The summed E-state index contributed by atoms with van der Waals surface area (Å²) in [5, 5.41) is 6.12. The molecule has 0 spiro atoms. The van der Waals surface area contributed by atoms with Crippen molar-refractivity contribution in [3.63, 3.8) is 0 Å². The lowest BCUT2D eigenvalue weighted by atomic mass is 9.97. The second-order valence-electron chi connectivity index (χ2n) is 5.87. The molecule has 136 valence electrons. The number of carbonyl (C=O) groups is 1. The van der Waals surface area contributed by atoms with Crippen LogP contribution in [0.1, 0.15) is 32.6 Å². The first-order valence-electron chi connectivity index (χ1n) is 8.12. The number of amides is 1. The van der Waals surface area contributed by atoms with Gasteiger partial charge in [0.25, 0.3) is 0 Å². The highest BCUT2D eigenvalue weighted by Gasteiger charge is 2.20. The Bertz CT molecular complexity index is 614. The summed E-state index contributed by atoms with van der Waals surface area (Å²) in [5.41, 5.74) is 1.20. The molecule has 0 unspecified atom stereocenters. The number of nitrogens with one attached hydrogen (secondary N) is 3. The van der Waals surface area contributed by atoms with Gasteiger partial charge in [0.05, 0.1) is 5.75 Å². The van der Waals surface area contributed by atoms with Crippen LogP contribution in [0.2, 0.25) is 0 Å². The van der Waals surface area contributed by atoms with Gasteiger partial charge >= 0.3 is 0 Å². The van der Waals surface area contributed by atoms with E-state index in [0.29, 0.717) is 17.8 Å². The maximum atomic E-state index is 12.1. The monoisotopic (exact) mass is 375 g/mol. The highest BCUT2D eigenvalue weighted by atomic mass is 35.5. The minimum Gasteiger partial charge on any atom is -0.326 e. The minimum atomic E-state index is -3.29. The molecular weight excluding hydrogens is 350 g/mol.